The molecule has 0 fully saturated rings. The second-order valence-electron chi connectivity index (χ2n) is 10.1. The van der Waals surface area contributed by atoms with Crippen LogP contribution < -0.4 is 9.62 Å². The number of benzene rings is 3. The van der Waals surface area contributed by atoms with Crippen molar-refractivity contribution in [3.05, 3.63) is 83.2 Å². The van der Waals surface area contributed by atoms with Gasteiger partial charge in [-0.2, -0.15) is 0 Å². The van der Waals surface area contributed by atoms with Crippen LogP contribution in [0.15, 0.2) is 69.5 Å². The first kappa shape index (κ1) is 27.7. The molecule has 0 spiro atoms. The van der Waals surface area contributed by atoms with E-state index in [0.29, 0.717) is 49.5 Å². The summed E-state index contributed by atoms with van der Waals surface area (Å²) < 4.78 is 53.0. The number of amides is 1. The molecule has 0 aliphatic heterocycles. The van der Waals surface area contributed by atoms with Gasteiger partial charge in [0, 0.05) is 41.6 Å². The van der Waals surface area contributed by atoms with Crippen molar-refractivity contribution in [1.29, 1.82) is 0 Å². The van der Waals surface area contributed by atoms with Crippen molar-refractivity contribution in [3.8, 4) is 32.5 Å². The fourth-order valence-corrected chi connectivity index (χ4v) is 6.52. The molecule has 3 aromatic heterocycles. The standard InChI is InChI=1S/C31H26FN3O5S2/c1-16-9-11-18(12-10-16)27-26(30(36)33-3)20-14-19(23(15-24(20)39-27)35(4)42(5,37)38)29-17(2)13-25(41-29)31-34-22-8-6-7-21(32)28(22)40-31/h6-15H,1-5H3,(H,33,36). The molecule has 0 atom stereocenters. The summed E-state index contributed by atoms with van der Waals surface area (Å²) >= 11 is 1.33. The van der Waals surface area contributed by atoms with Crippen LogP contribution in [0.2, 0.25) is 0 Å². The third-order valence-electron chi connectivity index (χ3n) is 7.15. The summed E-state index contributed by atoms with van der Waals surface area (Å²) in [6.45, 7) is 3.86. The summed E-state index contributed by atoms with van der Waals surface area (Å²) in [5, 5.41) is 3.23. The van der Waals surface area contributed by atoms with Crippen LogP contribution in [0.25, 0.3) is 54.6 Å². The molecule has 0 saturated carbocycles. The fourth-order valence-electron chi connectivity index (χ4n) is 4.89. The third kappa shape index (κ3) is 4.64. The molecule has 11 heteroatoms. The molecule has 42 heavy (non-hydrogen) atoms. The molecule has 214 valence electrons. The first-order valence-corrected chi connectivity index (χ1v) is 15.6. The van der Waals surface area contributed by atoms with E-state index in [-0.39, 0.29) is 17.4 Å². The van der Waals surface area contributed by atoms with E-state index in [0.717, 1.165) is 22.3 Å². The number of nitrogens with zero attached hydrogens (tertiary/aromatic N) is 2. The lowest BCUT2D eigenvalue weighted by atomic mass is 10.0. The molecule has 3 aromatic carbocycles. The first-order chi connectivity index (χ1) is 20.0. The zero-order valence-corrected chi connectivity index (χ0v) is 25.0. The Labute approximate surface area is 245 Å². The number of para-hydroxylation sites is 1. The number of hydrogen-bond donors (Lipinski definition) is 1. The van der Waals surface area contributed by atoms with E-state index in [2.05, 4.69) is 10.3 Å². The van der Waals surface area contributed by atoms with Crippen molar-refractivity contribution >= 4 is 55.0 Å². The maximum absolute atomic E-state index is 14.3. The van der Waals surface area contributed by atoms with E-state index in [1.165, 1.54) is 28.8 Å². The SMILES string of the molecule is CNC(=O)c1c(-c2ccc(C)cc2)oc2cc(N(C)S(C)(=O)=O)c(-c3sc(-c4nc5cccc(F)c5o4)cc3C)cc12. The van der Waals surface area contributed by atoms with Gasteiger partial charge < -0.3 is 14.2 Å². The van der Waals surface area contributed by atoms with Crippen molar-refractivity contribution in [2.24, 2.45) is 0 Å². The number of hydrogen-bond acceptors (Lipinski definition) is 7. The van der Waals surface area contributed by atoms with Crippen LogP contribution in [0.3, 0.4) is 0 Å². The minimum absolute atomic E-state index is 0.0660. The van der Waals surface area contributed by atoms with Gasteiger partial charge in [-0.05, 0) is 43.7 Å². The van der Waals surface area contributed by atoms with Gasteiger partial charge in [-0.1, -0.05) is 35.9 Å². The van der Waals surface area contributed by atoms with E-state index in [9.17, 15) is 17.6 Å². The molecule has 0 aliphatic rings. The predicted octanol–water partition coefficient (Wildman–Crippen LogP) is 7.15. The first-order valence-electron chi connectivity index (χ1n) is 13.0. The Morgan fingerprint density at radius 2 is 1.79 bits per heavy atom. The maximum atomic E-state index is 14.3. The van der Waals surface area contributed by atoms with Gasteiger partial charge in [0.15, 0.2) is 11.4 Å². The summed E-state index contributed by atoms with van der Waals surface area (Å²) in [6.07, 6.45) is 1.12. The number of aryl methyl sites for hydroxylation is 2. The number of furan rings is 1. The quantitative estimate of drug-likeness (QED) is 0.217. The normalized spacial score (nSPS) is 11.9. The van der Waals surface area contributed by atoms with E-state index in [1.54, 1.807) is 31.3 Å². The highest BCUT2D eigenvalue weighted by Crippen LogP contribution is 2.46. The van der Waals surface area contributed by atoms with Gasteiger partial charge in [0.25, 0.3) is 5.91 Å². The van der Waals surface area contributed by atoms with Gasteiger partial charge in [0.2, 0.25) is 15.9 Å². The third-order valence-corrected chi connectivity index (χ3v) is 9.60. The summed E-state index contributed by atoms with van der Waals surface area (Å²) in [7, 11) is -0.656. The van der Waals surface area contributed by atoms with Crippen LogP contribution in [-0.2, 0) is 10.0 Å². The van der Waals surface area contributed by atoms with Crippen LogP contribution in [0.1, 0.15) is 21.5 Å². The van der Waals surface area contributed by atoms with Crippen molar-refractivity contribution in [2.45, 2.75) is 13.8 Å². The zero-order valence-electron chi connectivity index (χ0n) is 23.4. The Morgan fingerprint density at radius 3 is 2.45 bits per heavy atom. The average Bonchev–Trinajstić information content (AvgIpc) is 3.66. The van der Waals surface area contributed by atoms with E-state index in [4.69, 9.17) is 8.83 Å². The Bertz CT molecular complexity index is 2130. The minimum Gasteiger partial charge on any atom is -0.455 e. The number of fused-ring (bicyclic) bond motifs is 2. The smallest absolute Gasteiger partial charge is 0.255 e. The minimum atomic E-state index is -3.67. The van der Waals surface area contributed by atoms with Crippen LogP contribution >= 0.6 is 11.3 Å². The maximum Gasteiger partial charge on any atom is 0.255 e. The molecule has 1 N–H and O–H groups in total. The Kier molecular flexibility index (Phi) is 6.66. The topological polar surface area (TPSA) is 106 Å². The lowest BCUT2D eigenvalue weighted by Gasteiger charge is -2.20. The molecule has 8 nitrogen and oxygen atoms in total. The van der Waals surface area contributed by atoms with Crippen LogP contribution in [0, 0.1) is 19.7 Å². The molecule has 0 unspecified atom stereocenters. The lowest BCUT2D eigenvalue weighted by molar-refractivity contribution is 0.0964. The highest BCUT2D eigenvalue weighted by Gasteiger charge is 2.27. The highest BCUT2D eigenvalue weighted by atomic mass is 32.2. The molecule has 6 aromatic rings. The van der Waals surface area contributed by atoms with Gasteiger partial charge in [-0.3, -0.25) is 9.10 Å². The van der Waals surface area contributed by atoms with Crippen molar-refractivity contribution in [2.75, 3.05) is 24.7 Å². The zero-order chi connectivity index (χ0) is 29.9. The summed E-state index contributed by atoms with van der Waals surface area (Å²) in [5.41, 5.74) is 4.71. The molecule has 0 saturated heterocycles. The van der Waals surface area contributed by atoms with Gasteiger partial charge in [-0.25, -0.2) is 17.8 Å². The molecule has 1 amide bonds. The van der Waals surface area contributed by atoms with Crippen LogP contribution in [-0.4, -0.2) is 39.7 Å². The summed E-state index contributed by atoms with van der Waals surface area (Å²) in [5.74, 6) is -0.207. The number of thiophene rings is 1. The molecule has 0 aliphatic carbocycles. The fraction of sp³-hybridized carbons (Fsp3) is 0.161. The van der Waals surface area contributed by atoms with Crippen LogP contribution in [0.4, 0.5) is 10.1 Å². The highest BCUT2D eigenvalue weighted by molar-refractivity contribution is 7.92. The second kappa shape index (κ2) is 10.1. The summed E-state index contributed by atoms with van der Waals surface area (Å²) in [4.78, 5) is 19.1. The number of aromatic nitrogens is 1. The largest absolute Gasteiger partial charge is 0.455 e. The number of anilines is 1. The lowest BCUT2D eigenvalue weighted by Crippen LogP contribution is -2.25. The number of halogens is 1. The van der Waals surface area contributed by atoms with Crippen LogP contribution in [0.5, 0.6) is 0 Å². The Morgan fingerprint density at radius 1 is 1.05 bits per heavy atom. The number of nitrogens with one attached hydrogen (secondary N) is 1. The molecule has 6 rings (SSSR count). The molecular weight excluding hydrogens is 577 g/mol. The van der Waals surface area contributed by atoms with Gasteiger partial charge in [0.05, 0.1) is 22.4 Å². The van der Waals surface area contributed by atoms with E-state index < -0.39 is 15.8 Å². The Hall–Kier alpha value is -4.48. The van der Waals surface area contributed by atoms with E-state index >= 15 is 0 Å². The molecule has 0 bridgehead atoms. The number of oxazole rings is 1. The molecular formula is C31H26FN3O5S2. The van der Waals surface area contributed by atoms with Gasteiger partial charge >= 0.3 is 0 Å². The van der Waals surface area contributed by atoms with Gasteiger partial charge in [-0.15, -0.1) is 11.3 Å². The predicted molar refractivity (Wildman–Crippen MR) is 164 cm³/mol. The van der Waals surface area contributed by atoms with Crippen molar-refractivity contribution in [3.63, 3.8) is 0 Å². The van der Waals surface area contributed by atoms with Gasteiger partial charge in [0.1, 0.15) is 16.9 Å². The monoisotopic (exact) mass is 603 g/mol. The average molecular weight is 604 g/mol. The number of rotatable bonds is 6. The number of carbonyl (C=O) groups is 1. The molecule has 3 heterocycles. The summed E-state index contributed by atoms with van der Waals surface area (Å²) in [6, 6.07) is 17.5. The van der Waals surface area contributed by atoms with Crippen molar-refractivity contribution < 1.29 is 26.4 Å². The second-order valence-corrected chi connectivity index (χ2v) is 13.1. The molecule has 0 radical (unpaired) electrons. The number of sulfonamides is 1. The van der Waals surface area contributed by atoms with E-state index in [1.807, 2.05) is 44.2 Å². The van der Waals surface area contributed by atoms with Crippen molar-refractivity contribution in [1.82, 2.24) is 10.3 Å². The Balaban J connectivity index is 1.61. The number of carbonyl (C=O) groups excluding carboxylic acids is 1.